The topological polar surface area (TPSA) is 46.5 Å². The minimum Gasteiger partial charge on any atom is -0.481 e. The maximum Gasteiger partial charge on any atom is 0.341 e. The van der Waals surface area contributed by atoms with E-state index in [1.807, 2.05) is 61.5 Å². The first kappa shape index (κ1) is 14.1. The molecule has 0 aliphatic heterocycles. The van der Waals surface area contributed by atoms with Crippen LogP contribution >= 0.6 is 0 Å². The smallest absolute Gasteiger partial charge is 0.341 e. The fourth-order valence-electron chi connectivity index (χ4n) is 2.61. The fraction of sp³-hybridized carbons (Fsp3) is 0.105. The van der Waals surface area contributed by atoms with Gasteiger partial charge in [-0.1, -0.05) is 60.2 Å². The second kappa shape index (κ2) is 5.90. The highest BCUT2D eigenvalue weighted by atomic mass is 16.5. The Morgan fingerprint density at radius 2 is 1.86 bits per heavy atom. The number of carbonyl (C=O) groups is 1. The van der Waals surface area contributed by atoms with E-state index >= 15 is 0 Å². The zero-order valence-electron chi connectivity index (χ0n) is 12.2. The van der Waals surface area contributed by atoms with Crippen LogP contribution in [0.5, 0.6) is 5.75 Å². The summed E-state index contributed by atoms with van der Waals surface area (Å²) in [6, 6.07) is 19.9. The Kier molecular flexibility index (Phi) is 3.79. The molecule has 1 N–H and O–H groups in total. The van der Waals surface area contributed by atoms with Crippen molar-refractivity contribution < 1.29 is 14.6 Å². The summed E-state index contributed by atoms with van der Waals surface area (Å²) in [6.07, 6.45) is 0. The number of carboxylic acids is 1. The number of aryl methyl sites for hydroxylation is 1. The lowest BCUT2D eigenvalue weighted by molar-refractivity contribution is -0.139. The monoisotopic (exact) mass is 292 g/mol. The van der Waals surface area contributed by atoms with Crippen LogP contribution in [0.2, 0.25) is 0 Å². The zero-order chi connectivity index (χ0) is 15.5. The lowest BCUT2D eigenvalue weighted by Gasteiger charge is -2.14. The maximum absolute atomic E-state index is 10.8. The number of ether oxygens (including phenoxy) is 1. The zero-order valence-corrected chi connectivity index (χ0v) is 12.2. The molecule has 3 aromatic rings. The summed E-state index contributed by atoms with van der Waals surface area (Å²) in [5.74, 6) is -0.393. The lowest BCUT2D eigenvalue weighted by Crippen LogP contribution is -2.10. The number of benzene rings is 3. The van der Waals surface area contributed by atoms with Gasteiger partial charge in [0.25, 0.3) is 0 Å². The molecule has 0 atom stereocenters. The van der Waals surface area contributed by atoms with E-state index in [2.05, 4.69) is 6.07 Å². The van der Waals surface area contributed by atoms with Crippen LogP contribution in [-0.2, 0) is 4.79 Å². The molecule has 0 aromatic heterocycles. The molecule has 0 spiro atoms. The van der Waals surface area contributed by atoms with Gasteiger partial charge in [0.15, 0.2) is 6.61 Å². The molecule has 22 heavy (non-hydrogen) atoms. The largest absolute Gasteiger partial charge is 0.481 e. The molecule has 0 amide bonds. The van der Waals surface area contributed by atoms with Crippen LogP contribution in [0, 0.1) is 6.92 Å². The summed E-state index contributed by atoms with van der Waals surface area (Å²) in [6.45, 7) is 1.68. The second-order valence-electron chi connectivity index (χ2n) is 5.21. The minimum absolute atomic E-state index is 0.350. The van der Waals surface area contributed by atoms with Gasteiger partial charge in [-0.15, -0.1) is 0 Å². The lowest BCUT2D eigenvalue weighted by atomic mass is 9.96. The highest BCUT2D eigenvalue weighted by molar-refractivity contribution is 5.99. The molecule has 0 unspecified atom stereocenters. The van der Waals surface area contributed by atoms with Crippen molar-refractivity contribution >= 4 is 16.7 Å². The van der Waals surface area contributed by atoms with Gasteiger partial charge >= 0.3 is 5.97 Å². The first-order chi connectivity index (χ1) is 10.6. The van der Waals surface area contributed by atoms with Crippen molar-refractivity contribution in [3.8, 4) is 16.9 Å². The molecular formula is C19H16O3. The number of aliphatic carboxylic acids is 1. The van der Waals surface area contributed by atoms with Gasteiger partial charge in [0, 0.05) is 5.56 Å². The quantitative estimate of drug-likeness (QED) is 0.780. The molecule has 0 saturated heterocycles. The third kappa shape index (κ3) is 2.79. The summed E-state index contributed by atoms with van der Waals surface area (Å²) in [7, 11) is 0. The van der Waals surface area contributed by atoms with Crippen LogP contribution < -0.4 is 4.74 Å². The number of fused-ring (bicyclic) bond motifs is 1. The van der Waals surface area contributed by atoms with Crippen LogP contribution in [0.25, 0.3) is 21.9 Å². The number of hydrogen-bond donors (Lipinski definition) is 1. The molecular weight excluding hydrogens is 276 g/mol. The van der Waals surface area contributed by atoms with Crippen molar-refractivity contribution in [1.29, 1.82) is 0 Å². The van der Waals surface area contributed by atoms with Crippen molar-refractivity contribution in [3.05, 3.63) is 66.2 Å². The van der Waals surface area contributed by atoms with E-state index in [9.17, 15) is 4.79 Å². The van der Waals surface area contributed by atoms with E-state index in [1.54, 1.807) is 0 Å². The first-order valence-electron chi connectivity index (χ1n) is 7.08. The molecule has 3 rings (SSSR count). The third-order valence-corrected chi connectivity index (χ3v) is 3.55. The fourth-order valence-corrected chi connectivity index (χ4v) is 2.61. The van der Waals surface area contributed by atoms with E-state index in [0.717, 1.165) is 27.5 Å². The summed E-state index contributed by atoms with van der Waals surface area (Å²) in [4.78, 5) is 10.8. The second-order valence-corrected chi connectivity index (χ2v) is 5.21. The van der Waals surface area contributed by atoms with E-state index in [-0.39, 0.29) is 6.61 Å². The van der Waals surface area contributed by atoms with Crippen molar-refractivity contribution in [1.82, 2.24) is 0 Å². The van der Waals surface area contributed by atoms with E-state index in [0.29, 0.717) is 5.75 Å². The molecule has 0 fully saturated rings. The third-order valence-electron chi connectivity index (χ3n) is 3.55. The van der Waals surface area contributed by atoms with Gasteiger partial charge in [0.1, 0.15) is 5.75 Å². The Balaban J connectivity index is 2.22. The minimum atomic E-state index is -0.983. The molecule has 3 nitrogen and oxygen atoms in total. The Labute approximate surface area is 128 Å². The van der Waals surface area contributed by atoms with Crippen LogP contribution in [0.4, 0.5) is 0 Å². The van der Waals surface area contributed by atoms with Crippen molar-refractivity contribution in [2.45, 2.75) is 6.92 Å². The molecule has 0 heterocycles. The maximum atomic E-state index is 10.8. The molecule has 0 radical (unpaired) electrons. The van der Waals surface area contributed by atoms with Crippen molar-refractivity contribution in [2.75, 3.05) is 6.61 Å². The average molecular weight is 292 g/mol. The van der Waals surface area contributed by atoms with Crippen LogP contribution in [0.3, 0.4) is 0 Å². The number of rotatable bonds is 4. The Morgan fingerprint density at radius 1 is 1.05 bits per heavy atom. The van der Waals surface area contributed by atoms with Gasteiger partial charge in [0.05, 0.1) is 0 Å². The van der Waals surface area contributed by atoms with E-state index in [1.165, 1.54) is 0 Å². The van der Waals surface area contributed by atoms with E-state index < -0.39 is 5.97 Å². The van der Waals surface area contributed by atoms with Gasteiger partial charge < -0.3 is 9.84 Å². The Hall–Kier alpha value is -2.81. The molecule has 3 aromatic carbocycles. The van der Waals surface area contributed by atoms with Gasteiger partial charge in [-0.2, -0.15) is 0 Å². The Bertz CT molecular complexity index is 837. The van der Waals surface area contributed by atoms with Gasteiger partial charge in [-0.25, -0.2) is 4.79 Å². The number of hydrogen-bond acceptors (Lipinski definition) is 2. The van der Waals surface area contributed by atoms with E-state index in [4.69, 9.17) is 9.84 Å². The standard InChI is InChI=1S/C19H16O3/c1-13-5-4-7-15(11-13)19-16-8-3-2-6-14(16)9-10-17(19)22-12-18(20)21/h2-11H,12H2,1H3,(H,20,21). The number of carboxylic acid groups (broad SMARTS) is 1. The van der Waals surface area contributed by atoms with Crippen LogP contribution in [-0.4, -0.2) is 17.7 Å². The normalized spacial score (nSPS) is 10.6. The molecule has 0 saturated carbocycles. The Morgan fingerprint density at radius 3 is 2.64 bits per heavy atom. The van der Waals surface area contributed by atoms with Gasteiger partial charge in [0.2, 0.25) is 0 Å². The van der Waals surface area contributed by atoms with Gasteiger partial charge in [-0.05, 0) is 29.3 Å². The average Bonchev–Trinajstić information content (AvgIpc) is 2.52. The highest BCUT2D eigenvalue weighted by Gasteiger charge is 2.12. The molecule has 3 heteroatoms. The van der Waals surface area contributed by atoms with Crippen molar-refractivity contribution in [3.63, 3.8) is 0 Å². The summed E-state index contributed by atoms with van der Waals surface area (Å²) >= 11 is 0. The molecule has 0 bridgehead atoms. The predicted molar refractivity (Wildman–Crippen MR) is 87.3 cm³/mol. The summed E-state index contributed by atoms with van der Waals surface area (Å²) in [5.41, 5.74) is 3.11. The predicted octanol–water partition coefficient (Wildman–Crippen LogP) is 4.28. The summed E-state index contributed by atoms with van der Waals surface area (Å²) in [5, 5.41) is 11.0. The highest BCUT2D eigenvalue weighted by Crippen LogP contribution is 2.37. The first-order valence-corrected chi connectivity index (χ1v) is 7.08. The van der Waals surface area contributed by atoms with Gasteiger partial charge in [-0.3, -0.25) is 0 Å². The molecule has 110 valence electrons. The van der Waals surface area contributed by atoms with Crippen LogP contribution in [0.1, 0.15) is 5.56 Å². The molecule has 0 aliphatic carbocycles. The molecule has 0 aliphatic rings. The van der Waals surface area contributed by atoms with Crippen molar-refractivity contribution in [2.24, 2.45) is 0 Å². The van der Waals surface area contributed by atoms with Crippen LogP contribution in [0.15, 0.2) is 60.7 Å². The summed E-state index contributed by atoms with van der Waals surface area (Å²) < 4.78 is 5.50. The SMILES string of the molecule is Cc1cccc(-c2c(OCC(=O)O)ccc3ccccc23)c1.